The molecule has 1 unspecified atom stereocenters. The monoisotopic (exact) mass is 398 g/mol. The average molecular weight is 399 g/mol. The molecular formula is C25H26N4O. The van der Waals surface area contributed by atoms with E-state index in [2.05, 4.69) is 15.2 Å². The van der Waals surface area contributed by atoms with Crippen molar-refractivity contribution >= 4 is 22.6 Å². The molecule has 0 aliphatic rings. The Bertz CT molecular complexity index is 1180. The van der Waals surface area contributed by atoms with E-state index in [9.17, 15) is 4.79 Å². The fourth-order valence-corrected chi connectivity index (χ4v) is 3.63. The minimum Gasteiger partial charge on any atom is -0.330 e. The summed E-state index contributed by atoms with van der Waals surface area (Å²) < 4.78 is 2.06. The molecule has 5 nitrogen and oxygen atoms in total. The molecule has 0 spiro atoms. The molecule has 2 N–H and O–H groups in total. The summed E-state index contributed by atoms with van der Waals surface area (Å²) in [6.07, 6.45) is 0. The molecule has 1 amide bonds. The third-order valence-electron chi connectivity index (χ3n) is 5.39. The van der Waals surface area contributed by atoms with E-state index in [-0.39, 0.29) is 5.91 Å². The second kappa shape index (κ2) is 8.51. The molecule has 5 heteroatoms. The van der Waals surface area contributed by atoms with Gasteiger partial charge >= 0.3 is 0 Å². The first-order valence-electron chi connectivity index (χ1n) is 10.1. The molecule has 0 saturated heterocycles. The third kappa shape index (κ3) is 4.11. The van der Waals surface area contributed by atoms with Crippen LogP contribution < -0.4 is 10.6 Å². The predicted octanol–water partition coefficient (Wildman–Crippen LogP) is 4.66. The number of carbonyl (C=O) groups is 1. The highest BCUT2D eigenvalue weighted by atomic mass is 16.2. The summed E-state index contributed by atoms with van der Waals surface area (Å²) in [6.45, 7) is 4.50. The molecule has 0 fully saturated rings. The van der Waals surface area contributed by atoms with Gasteiger partial charge in [0.1, 0.15) is 11.9 Å². The molecule has 0 aliphatic carbocycles. The van der Waals surface area contributed by atoms with Crippen LogP contribution in [0, 0.1) is 13.8 Å². The van der Waals surface area contributed by atoms with Gasteiger partial charge in [0.2, 0.25) is 5.91 Å². The maximum Gasteiger partial charge on any atom is 0.246 e. The van der Waals surface area contributed by atoms with E-state index < -0.39 is 6.04 Å². The second-order valence-electron chi connectivity index (χ2n) is 7.61. The van der Waals surface area contributed by atoms with Gasteiger partial charge in [0.05, 0.1) is 17.6 Å². The van der Waals surface area contributed by atoms with Gasteiger partial charge < -0.3 is 9.88 Å². The SMILES string of the molecule is Cc1ccc(C)c(NC(=O)C(NCc2nc3ccccc3n2C)c2ccccc2)c1. The number of nitrogens with one attached hydrogen (secondary N) is 2. The van der Waals surface area contributed by atoms with Crippen LogP contribution in [0.4, 0.5) is 5.69 Å². The zero-order valence-electron chi connectivity index (χ0n) is 17.5. The van der Waals surface area contributed by atoms with E-state index in [1.165, 1.54) is 0 Å². The Kier molecular flexibility index (Phi) is 5.63. The van der Waals surface area contributed by atoms with E-state index in [1.54, 1.807) is 0 Å². The van der Waals surface area contributed by atoms with Gasteiger partial charge in [-0.15, -0.1) is 0 Å². The van der Waals surface area contributed by atoms with Crippen LogP contribution in [0.2, 0.25) is 0 Å². The lowest BCUT2D eigenvalue weighted by molar-refractivity contribution is -0.118. The largest absolute Gasteiger partial charge is 0.330 e. The lowest BCUT2D eigenvalue weighted by Gasteiger charge is -2.20. The van der Waals surface area contributed by atoms with Crippen molar-refractivity contribution in [3.05, 3.63) is 95.3 Å². The number of aryl methyl sites for hydroxylation is 3. The molecule has 0 aliphatic heterocycles. The Hall–Kier alpha value is -3.44. The Labute approximate surface area is 176 Å². The highest BCUT2D eigenvalue weighted by Gasteiger charge is 2.21. The molecule has 4 aromatic rings. The van der Waals surface area contributed by atoms with Gasteiger partial charge in [-0.3, -0.25) is 10.1 Å². The first-order chi connectivity index (χ1) is 14.5. The van der Waals surface area contributed by atoms with Crippen LogP contribution in [-0.4, -0.2) is 15.5 Å². The number of nitrogens with zero attached hydrogens (tertiary/aromatic N) is 2. The van der Waals surface area contributed by atoms with Crippen molar-refractivity contribution in [1.82, 2.24) is 14.9 Å². The van der Waals surface area contributed by atoms with Crippen LogP contribution in [0.5, 0.6) is 0 Å². The lowest BCUT2D eigenvalue weighted by Crippen LogP contribution is -2.33. The predicted molar refractivity (Wildman–Crippen MR) is 121 cm³/mol. The zero-order valence-corrected chi connectivity index (χ0v) is 17.5. The maximum atomic E-state index is 13.3. The van der Waals surface area contributed by atoms with Gasteiger partial charge in [-0.05, 0) is 48.7 Å². The van der Waals surface area contributed by atoms with E-state index in [1.807, 2.05) is 93.7 Å². The molecule has 3 aromatic carbocycles. The standard InChI is InChI=1S/C25H26N4O/c1-17-13-14-18(2)21(15-17)28-25(30)24(19-9-5-4-6-10-19)26-16-23-27-20-11-7-8-12-22(20)29(23)3/h4-15,24,26H,16H2,1-3H3,(H,28,30). The maximum absolute atomic E-state index is 13.3. The summed E-state index contributed by atoms with van der Waals surface area (Å²) in [6, 6.07) is 23.4. The minimum atomic E-state index is -0.495. The molecule has 152 valence electrons. The number of amides is 1. The van der Waals surface area contributed by atoms with Crippen molar-refractivity contribution in [2.24, 2.45) is 7.05 Å². The van der Waals surface area contributed by atoms with Crippen LogP contribution in [0.3, 0.4) is 0 Å². The molecule has 1 atom stereocenters. The first-order valence-corrected chi connectivity index (χ1v) is 10.1. The quantitative estimate of drug-likeness (QED) is 0.497. The number of carbonyl (C=O) groups excluding carboxylic acids is 1. The summed E-state index contributed by atoms with van der Waals surface area (Å²) >= 11 is 0. The second-order valence-corrected chi connectivity index (χ2v) is 7.61. The number of para-hydroxylation sites is 2. The van der Waals surface area contributed by atoms with E-state index in [0.717, 1.165) is 39.2 Å². The number of anilines is 1. The molecule has 0 saturated carbocycles. The Morgan fingerprint density at radius 3 is 2.50 bits per heavy atom. The molecule has 4 rings (SSSR count). The Morgan fingerprint density at radius 1 is 1.00 bits per heavy atom. The number of imidazole rings is 1. The van der Waals surface area contributed by atoms with Crippen molar-refractivity contribution in [2.45, 2.75) is 26.4 Å². The smallest absolute Gasteiger partial charge is 0.246 e. The summed E-state index contributed by atoms with van der Waals surface area (Å²) in [5, 5.41) is 6.51. The number of benzene rings is 3. The number of rotatable bonds is 6. The van der Waals surface area contributed by atoms with Crippen molar-refractivity contribution in [3.63, 3.8) is 0 Å². The van der Waals surface area contributed by atoms with Gasteiger partial charge in [0.15, 0.2) is 0 Å². The highest BCUT2D eigenvalue weighted by molar-refractivity contribution is 5.96. The molecular weight excluding hydrogens is 372 g/mol. The fourth-order valence-electron chi connectivity index (χ4n) is 3.63. The van der Waals surface area contributed by atoms with Gasteiger partial charge in [0, 0.05) is 12.7 Å². The Balaban J connectivity index is 1.59. The average Bonchev–Trinajstić information content (AvgIpc) is 3.07. The Morgan fingerprint density at radius 2 is 1.73 bits per heavy atom. The summed E-state index contributed by atoms with van der Waals surface area (Å²) in [5.41, 5.74) is 5.93. The summed E-state index contributed by atoms with van der Waals surface area (Å²) in [7, 11) is 2.00. The van der Waals surface area contributed by atoms with Gasteiger partial charge in [-0.2, -0.15) is 0 Å². The third-order valence-corrected chi connectivity index (χ3v) is 5.39. The van der Waals surface area contributed by atoms with E-state index in [4.69, 9.17) is 4.98 Å². The molecule has 1 aromatic heterocycles. The van der Waals surface area contributed by atoms with Crippen LogP contribution >= 0.6 is 0 Å². The topological polar surface area (TPSA) is 59.0 Å². The van der Waals surface area contributed by atoms with Crippen LogP contribution in [0.25, 0.3) is 11.0 Å². The van der Waals surface area contributed by atoms with Crippen LogP contribution in [0.15, 0.2) is 72.8 Å². The molecule has 30 heavy (non-hydrogen) atoms. The minimum absolute atomic E-state index is 0.0892. The normalized spacial score (nSPS) is 12.1. The van der Waals surface area contributed by atoms with E-state index >= 15 is 0 Å². The van der Waals surface area contributed by atoms with E-state index in [0.29, 0.717) is 6.54 Å². The number of hydrogen-bond acceptors (Lipinski definition) is 3. The van der Waals surface area contributed by atoms with Crippen molar-refractivity contribution in [1.29, 1.82) is 0 Å². The number of fused-ring (bicyclic) bond motifs is 1. The summed E-state index contributed by atoms with van der Waals surface area (Å²) in [5.74, 6) is 0.797. The van der Waals surface area contributed by atoms with Gasteiger partial charge in [-0.25, -0.2) is 4.98 Å². The fraction of sp³-hybridized carbons (Fsp3) is 0.200. The highest BCUT2D eigenvalue weighted by Crippen LogP contribution is 2.21. The molecule has 0 bridgehead atoms. The zero-order chi connectivity index (χ0) is 21.1. The molecule has 1 heterocycles. The van der Waals surface area contributed by atoms with Crippen molar-refractivity contribution in [3.8, 4) is 0 Å². The van der Waals surface area contributed by atoms with Crippen molar-refractivity contribution < 1.29 is 4.79 Å². The molecule has 0 radical (unpaired) electrons. The van der Waals surface area contributed by atoms with Crippen LogP contribution in [-0.2, 0) is 18.4 Å². The number of aromatic nitrogens is 2. The van der Waals surface area contributed by atoms with Gasteiger partial charge in [-0.1, -0.05) is 54.6 Å². The van der Waals surface area contributed by atoms with Gasteiger partial charge in [0.25, 0.3) is 0 Å². The first kappa shape index (κ1) is 19.9. The number of hydrogen-bond donors (Lipinski definition) is 2. The van der Waals surface area contributed by atoms with Crippen molar-refractivity contribution in [2.75, 3.05) is 5.32 Å². The van der Waals surface area contributed by atoms with Crippen LogP contribution in [0.1, 0.15) is 28.6 Å². The summed E-state index contributed by atoms with van der Waals surface area (Å²) in [4.78, 5) is 18.0. The lowest BCUT2D eigenvalue weighted by atomic mass is 10.1.